The van der Waals surface area contributed by atoms with Crippen LogP contribution in [0.1, 0.15) is 34.1 Å². The van der Waals surface area contributed by atoms with E-state index in [0.717, 1.165) is 25.1 Å². The van der Waals surface area contributed by atoms with Crippen LogP contribution >= 0.6 is 0 Å². The van der Waals surface area contributed by atoms with E-state index < -0.39 is 0 Å². The van der Waals surface area contributed by atoms with Crippen LogP contribution < -0.4 is 10.6 Å². The maximum Gasteiger partial charge on any atom is 0.247 e. The lowest BCUT2D eigenvalue weighted by Crippen LogP contribution is -2.39. The highest BCUT2D eigenvalue weighted by atomic mass is 16.1. The maximum atomic E-state index is 11.8. The fourth-order valence-corrected chi connectivity index (χ4v) is 1.77. The molecule has 3 nitrogen and oxygen atoms in total. The third-order valence-electron chi connectivity index (χ3n) is 2.75. The van der Waals surface area contributed by atoms with Crippen LogP contribution in [0.15, 0.2) is 11.1 Å². The zero-order chi connectivity index (χ0) is 11.4. The highest BCUT2D eigenvalue weighted by Crippen LogP contribution is 2.10. The smallest absolute Gasteiger partial charge is 0.247 e. The summed E-state index contributed by atoms with van der Waals surface area (Å²) < 4.78 is 0. The summed E-state index contributed by atoms with van der Waals surface area (Å²) in [4.78, 5) is 11.8. The molecule has 0 bridgehead atoms. The molecule has 1 aliphatic rings. The Bertz CT molecular complexity index is 263. The zero-order valence-electron chi connectivity index (χ0n) is 10.2. The minimum Gasteiger partial charge on any atom is -0.350 e. The SMILES string of the molecule is CC(C(=O)NC(C)CC(C)C)=C1CNC1. The lowest BCUT2D eigenvalue weighted by Gasteiger charge is -2.23. The van der Waals surface area contributed by atoms with Crippen LogP contribution in [0.2, 0.25) is 0 Å². The van der Waals surface area contributed by atoms with Crippen LogP contribution in [0.25, 0.3) is 0 Å². The van der Waals surface area contributed by atoms with Crippen LogP contribution in [0, 0.1) is 5.92 Å². The predicted octanol–water partition coefficient (Wildman–Crippen LogP) is 1.46. The van der Waals surface area contributed by atoms with E-state index in [2.05, 4.69) is 31.4 Å². The molecule has 0 aromatic carbocycles. The van der Waals surface area contributed by atoms with Crippen LogP contribution in [-0.2, 0) is 4.79 Å². The van der Waals surface area contributed by atoms with Crippen molar-refractivity contribution in [2.75, 3.05) is 13.1 Å². The summed E-state index contributed by atoms with van der Waals surface area (Å²) in [7, 11) is 0. The number of hydrogen-bond donors (Lipinski definition) is 2. The van der Waals surface area contributed by atoms with E-state index in [1.165, 1.54) is 5.57 Å². The van der Waals surface area contributed by atoms with Gasteiger partial charge in [-0.15, -0.1) is 0 Å². The Kier molecular flexibility index (Phi) is 4.33. The molecular formula is C12H22N2O. The number of rotatable bonds is 4. The van der Waals surface area contributed by atoms with Crippen molar-refractivity contribution in [1.82, 2.24) is 10.6 Å². The van der Waals surface area contributed by atoms with Gasteiger partial charge >= 0.3 is 0 Å². The lowest BCUT2D eigenvalue weighted by molar-refractivity contribution is -0.118. The third kappa shape index (κ3) is 3.67. The first kappa shape index (κ1) is 12.2. The number of amides is 1. The minimum absolute atomic E-state index is 0.0969. The van der Waals surface area contributed by atoms with Crippen LogP contribution in [0.3, 0.4) is 0 Å². The van der Waals surface area contributed by atoms with Crippen molar-refractivity contribution in [3.05, 3.63) is 11.1 Å². The van der Waals surface area contributed by atoms with Gasteiger partial charge in [-0.1, -0.05) is 13.8 Å². The van der Waals surface area contributed by atoms with Gasteiger partial charge in [0.25, 0.3) is 0 Å². The van der Waals surface area contributed by atoms with Gasteiger partial charge in [0.15, 0.2) is 0 Å². The monoisotopic (exact) mass is 210 g/mol. The topological polar surface area (TPSA) is 41.1 Å². The standard InChI is InChI=1S/C12H22N2O/c1-8(2)5-9(3)14-12(15)10(4)11-6-13-7-11/h8-9,13H,5-7H2,1-4H3,(H,14,15). The second-order valence-electron chi connectivity index (χ2n) is 4.84. The molecule has 0 radical (unpaired) electrons. The molecule has 1 amide bonds. The largest absolute Gasteiger partial charge is 0.350 e. The quantitative estimate of drug-likeness (QED) is 0.690. The summed E-state index contributed by atoms with van der Waals surface area (Å²) in [5.41, 5.74) is 2.13. The predicted molar refractivity (Wildman–Crippen MR) is 62.6 cm³/mol. The van der Waals surface area contributed by atoms with Gasteiger partial charge in [0, 0.05) is 24.7 Å². The Balaban J connectivity index is 2.41. The van der Waals surface area contributed by atoms with E-state index in [0.29, 0.717) is 5.92 Å². The Labute approximate surface area is 92.3 Å². The zero-order valence-corrected chi connectivity index (χ0v) is 10.2. The van der Waals surface area contributed by atoms with E-state index in [1.54, 1.807) is 0 Å². The maximum absolute atomic E-state index is 11.8. The summed E-state index contributed by atoms with van der Waals surface area (Å²) in [6.07, 6.45) is 1.03. The van der Waals surface area contributed by atoms with Crippen LogP contribution in [-0.4, -0.2) is 25.0 Å². The molecule has 0 saturated carbocycles. The Morgan fingerprint density at radius 2 is 2.00 bits per heavy atom. The number of hydrogen-bond acceptors (Lipinski definition) is 2. The molecule has 3 heteroatoms. The minimum atomic E-state index is 0.0969. The molecule has 15 heavy (non-hydrogen) atoms. The normalized spacial score (nSPS) is 17.3. The first-order valence-electron chi connectivity index (χ1n) is 5.71. The molecular weight excluding hydrogens is 188 g/mol. The van der Waals surface area contributed by atoms with Crippen molar-refractivity contribution in [1.29, 1.82) is 0 Å². The summed E-state index contributed by atoms with van der Waals surface area (Å²) >= 11 is 0. The molecule has 1 rings (SSSR count). The van der Waals surface area contributed by atoms with E-state index >= 15 is 0 Å². The van der Waals surface area contributed by atoms with Crippen molar-refractivity contribution < 1.29 is 4.79 Å². The fraction of sp³-hybridized carbons (Fsp3) is 0.750. The van der Waals surface area contributed by atoms with E-state index in [-0.39, 0.29) is 11.9 Å². The van der Waals surface area contributed by atoms with Crippen LogP contribution in [0.5, 0.6) is 0 Å². The molecule has 1 unspecified atom stereocenters. The molecule has 0 aromatic rings. The van der Waals surface area contributed by atoms with Gasteiger partial charge in [-0.3, -0.25) is 4.79 Å². The number of nitrogens with one attached hydrogen (secondary N) is 2. The molecule has 1 atom stereocenters. The second kappa shape index (κ2) is 5.31. The molecule has 86 valence electrons. The van der Waals surface area contributed by atoms with Crippen molar-refractivity contribution in [3.63, 3.8) is 0 Å². The Hall–Kier alpha value is -0.830. The first-order chi connectivity index (χ1) is 7.00. The summed E-state index contributed by atoms with van der Waals surface area (Å²) in [5.74, 6) is 0.721. The molecule has 0 spiro atoms. The molecule has 1 fully saturated rings. The summed E-state index contributed by atoms with van der Waals surface area (Å²) in [6.45, 7) is 10.1. The second-order valence-corrected chi connectivity index (χ2v) is 4.84. The van der Waals surface area contributed by atoms with Gasteiger partial charge in [0.2, 0.25) is 5.91 Å². The van der Waals surface area contributed by atoms with Crippen molar-refractivity contribution in [2.24, 2.45) is 5.92 Å². The Morgan fingerprint density at radius 1 is 1.40 bits per heavy atom. The molecule has 0 aliphatic carbocycles. The summed E-state index contributed by atoms with van der Waals surface area (Å²) in [6, 6.07) is 0.265. The van der Waals surface area contributed by atoms with Crippen molar-refractivity contribution in [3.8, 4) is 0 Å². The first-order valence-corrected chi connectivity index (χ1v) is 5.71. The Morgan fingerprint density at radius 3 is 2.40 bits per heavy atom. The van der Waals surface area contributed by atoms with E-state index in [9.17, 15) is 4.79 Å². The van der Waals surface area contributed by atoms with E-state index in [1.807, 2.05) is 6.92 Å². The van der Waals surface area contributed by atoms with Gasteiger partial charge in [0.1, 0.15) is 0 Å². The average Bonchev–Trinajstić information content (AvgIpc) is 1.98. The average molecular weight is 210 g/mol. The molecule has 1 aliphatic heterocycles. The molecule has 2 N–H and O–H groups in total. The lowest BCUT2D eigenvalue weighted by atomic mass is 10.0. The number of carbonyl (C=O) groups is 1. The highest BCUT2D eigenvalue weighted by Gasteiger charge is 2.17. The van der Waals surface area contributed by atoms with Gasteiger partial charge in [-0.2, -0.15) is 0 Å². The third-order valence-corrected chi connectivity index (χ3v) is 2.75. The molecule has 1 saturated heterocycles. The molecule has 1 heterocycles. The highest BCUT2D eigenvalue weighted by molar-refractivity contribution is 5.94. The summed E-state index contributed by atoms with van der Waals surface area (Å²) in [5, 5.41) is 6.18. The van der Waals surface area contributed by atoms with Crippen molar-refractivity contribution >= 4 is 5.91 Å². The van der Waals surface area contributed by atoms with Gasteiger partial charge < -0.3 is 10.6 Å². The van der Waals surface area contributed by atoms with Crippen LogP contribution in [0.4, 0.5) is 0 Å². The number of carbonyl (C=O) groups excluding carboxylic acids is 1. The van der Waals surface area contributed by atoms with Gasteiger partial charge in [-0.25, -0.2) is 0 Å². The van der Waals surface area contributed by atoms with Crippen molar-refractivity contribution in [2.45, 2.75) is 40.2 Å². The molecule has 0 aromatic heterocycles. The fourth-order valence-electron chi connectivity index (χ4n) is 1.77. The van der Waals surface area contributed by atoms with Gasteiger partial charge in [-0.05, 0) is 31.8 Å². The van der Waals surface area contributed by atoms with Gasteiger partial charge in [0.05, 0.1) is 0 Å². The van der Waals surface area contributed by atoms with E-state index in [4.69, 9.17) is 0 Å².